The predicted octanol–water partition coefficient (Wildman–Crippen LogP) is 3.36. The number of piperazine rings is 1. The molecule has 0 spiro atoms. The van der Waals surface area contributed by atoms with Gasteiger partial charge in [-0.3, -0.25) is 15.0 Å². The zero-order valence-corrected chi connectivity index (χ0v) is 17.8. The van der Waals surface area contributed by atoms with E-state index in [1.165, 1.54) is 11.3 Å². The highest BCUT2D eigenvalue weighted by Crippen LogP contribution is 2.29. The van der Waals surface area contributed by atoms with Crippen molar-refractivity contribution in [2.45, 2.75) is 6.92 Å². The molecule has 7 nitrogen and oxygen atoms in total. The Balaban J connectivity index is 1.28. The van der Waals surface area contributed by atoms with Gasteiger partial charge in [0, 0.05) is 31.7 Å². The summed E-state index contributed by atoms with van der Waals surface area (Å²) in [5.41, 5.74) is 2.12. The van der Waals surface area contributed by atoms with Gasteiger partial charge in [0.25, 0.3) is 0 Å². The summed E-state index contributed by atoms with van der Waals surface area (Å²) in [6.07, 6.45) is 0. The van der Waals surface area contributed by atoms with Crippen LogP contribution in [-0.2, 0) is 4.79 Å². The van der Waals surface area contributed by atoms with Crippen molar-refractivity contribution in [3.8, 4) is 16.3 Å². The van der Waals surface area contributed by atoms with Gasteiger partial charge in [-0.05, 0) is 19.1 Å². The van der Waals surface area contributed by atoms with E-state index in [1.807, 2.05) is 55.5 Å². The van der Waals surface area contributed by atoms with Crippen molar-refractivity contribution in [3.05, 3.63) is 54.6 Å². The van der Waals surface area contributed by atoms with E-state index < -0.39 is 0 Å². The third kappa shape index (κ3) is 4.95. The van der Waals surface area contributed by atoms with Crippen LogP contribution in [0.5, 0.6) is 5.75 Å². The molecule has 1 N–H and O–H groups in total. The van der Waals surface area contributed by atoms with Gasteiger partial charge in [-0.2, -0.15) is 0 Å². The van der Waals surface area contributed by atoms with Crippen LogP contribution in [0.25, 0.3) is 10.6 Å². The number of carbonyl (C=O) groups excluding carboxylic acids is 1. The molecule has 1 aromatic heterocycles. The molecule has 4 rings (SSSR count). The molecule has 0 saturated carbocycles. The average Bonchev–Trinajstić information content (AvgIpc) is 3.24. The Morgan fingerprint density at radius 1 is 1.03 bits per heavy atom. The molecule has 2 heterocycles. The Morgan fingerprint density at radius 2 is 1.77 bits per heavy atom. The number of para-hydroxylation sites is 2. The Bertz CT molecular complexity index is 970. The quantitative estimate of drug-likeness (QED) is 0.628. The summed E-state index contributed by atoms with van der Waals surface area (Å²) in [4.78, 5) is 16.9. The predicted molar refractivity (Wildman–Crippen MR) is 120 cm³/mol. The van der Waals surface area contributed by atoms with Crippen molar-refractivity contribution < 1.29 is 9.53 Å². The normalized spacial score (nSPS) is 14.5. The first-order chi connectivity index (χ1) is 14.7. The molecule has 0 aliphatic carbocycles. The maximum atomic E-state index is 12.5. The van der Waals surface area contributed by atoms with Crippen LogP contribution in [0.3, 0.4) is 0 Å². The Labute approximate surface area is 180 Å². The molecule has 0 radical (unpaired) electrons. The second kappa shape index (κ2) is 9.69. The standard InChI is InChI=1S/C22H25N5O2S/c1-2-29-19-11-7-6-10-18(19)27-14-12-26(13-15-27)16-20(28)23-22-25-24-21(30-22)17-8-4-3-5-9-17/h3-11H,2,12-16H2,1H3,(H,23,25,28). The van der Waals surface area contributed by atoms with Crippen LogP contribution in [0.1, 0.15) is 6.92 Å². The molecule has 3 aromatic rings. The van der Waals surface area contributed by atoms with E-state index in [2.05, 4.69) is 31.4 Å². The van der Waals surface area contributed by atoms with Gasteiger partial charge in [-0.1, -0.05) is 53.8 Å². The first-order valence-corrected chi connectivity index (χ1v) is 10.9. The summed E-state index contributed by atoms with van der Waals surface area (Å²) in [5.74, 6) is 0.852. The number of hydrogen-bond donors (Lipinski definition) is 1. The van der Waals surface area contributed by atoms with E-state index in [1.54, 1.807) is 0 Å². The summed E-state index contributed by atoms with van der Waals surface area (Å²) in [7, 11) is 0. The molecule has 0 unspecified atom stereocenters. The molecular formula is C22H25N5O2S. The second-order valence-electron chi connectivity index (χ2n) is 6.99. The van der Waals surface area contributed by atoms with Gasteiger partial charge in [0.15, 0.2) is 0 Å². The molecule has 0 atom stereocenters. The lowest BCUT2D eigenvalue weighted by molar-refractivity contribution is -0.117. The van der Waals surface area contributed by atoms with Crippen molar-refractivity contribution in [2.75, 3.05) is 49.5 Å². The van der Waals surface area contributed by atoms with Crippen LogP contribution in [0, 0.1) is 0 Å². The Kier molecular flexibility index (Phi) is 6.56. The zero-order valence-electron chi connectivity index (χ0n) is 17.0. The van der Waals surface area contributed by atoms with E-state index in [0.29, 0.717) is 18.3 Å². The Hall–Kier alpha value is -2.97. The van der Waals surface area contributed by atoms with Crippen LogP contribution in [-0.4, -0.2) is 60.3 Å². The summed E-state index contributed by atoms with van der Waals surface area (Å²) in [6.45, 7) is 6.34. The summed E-state index contributed by atoms with van der Waals surface area (Å²) >= 11 is 1.39. The molecule has 156 valence electrons. The monoisotopic (exact) mass is 423 g/mol. The van der Waals surface area contributed by atoms with Crippen LogP contribution >= 0.6 is 11.3 Å². The minimum absolute atomic E-state index is 0.0612. The number of amides is 1. The number of aromatic nitrogens is 2. The van der Waals surface area contributed by atoms with Crippen molar-refractivity contribution in [3.63, 3.8) is 0 Å². The molecule has 0 bridgehead atoms. The first kappa shape index (κ1) is 20.3. The van der Waals surface area contributed by atoms with Crippen molar-refractivity contribution in [2.24, 2.45) is 0 Å². The molecule has 1 fully saturated rings. The van der Waals surface area contributed by atoms with E-state index in [-0.39, 0.29) is 5.91 Å². The molecule has 1 amide bonds. The number of nitrogens with zero attached hydrogens (tertiary/aromatic N) is 4. The number of ether oxygens (including phenoxy) is 1. The van der Waals surface area contributed by atoms with E-state index in [0.717, 1.165) is 48.2 Å². The van der Waals surface area contributed by atoms with Crippen LogP contribution in [0.4, 0.5) is 10.8 Å². The van der Waals surface area contributed by atoms with E-state index >= 15 is 0 Å². The lowest BCUT2D eigenvalue weighted by Crippen LogP contribution is -2.48. The number of rotatable bonds is 7. The third-order valence-electron chi connectivity index (χ3n) is 4.94. The minimum atomic E-state index is -0.0612. The number of anilines is 2. The highest BCUT2D eigenvalue weighted by atomic mass is 32.1. The van der Waals surface area contributed by atoms with Crippen LogP contribution in [0.15, 0.2) is 54.6 Å². The highest BCUT2D eigenvalue weighted by Gasteiger charge is 2.21. The SMILES string of the molecule is CCOc1ccccc1N1CCN(CC(=O)Nc2nnc(-c3ccccc3)s2)CC1. The summed E-state index contributed by atoms with van der Waals surface area (Å²) in [6, 6.07) is 18.0. The van der Waals surface area contributed by atoms with Gasteiger partial charge >= 0.3 is 0 Å². The maximum Gasteiger partial charge on any atom is 0.240 e. The van der Waals surface area contributed by atoms with Gasteiger partial charge in [-0.25, -0.2) is 0 Å². The fourth-order valence-electron chi connectivity index (χ4n) is 3.48. The van der Waals surface area contributed by atoms with Gasteiger partial charge in [0.1, 0.15) is 10.8 Å². The molecule has 1 saturated heterocycles. The maximum absolute atomic E-state index is 12.5. The van der Waals surface area contributed by atoms with Gasteiger partial charge in [0.05, 0.1) is 18.8 Å². The molecule has 30 heavy (non-hydrogen) atoms. The fourth-order valence-corrected chi connectivity index (χ4v) is 4.24. The number of carbonyl (C=O) groups is 1. The van der Waals surface area contributed by atoms with Crippen LogP contribution < -0.4 is 15.0 Å². The number of nitrogens with one attached hydrogen (secondary N) is 1. The van der Waals surface area contributed by atoms with Crippen LogP contribution in [0.2, 0.25) is 0 Å². The minimum Gasteiger partial charge on any atom is -0.492 e. The molecular weight excluding hydrogens is 398 g/mol. The van der Waals surface area contributed by atoms with Crippen molar-refractivity contribution >= 4 is 28.1 Å². The molecule has 8 heteroatoms. The number of hydrogen-bond acceptors (Lipinski definition) is 7. The van der Waals surface area contributed by atoms with Gasteiger partial charge in [-0.15, -0.1) is 10.2 Å². The number of benzene rings is 2. The Morgan fingerprint density at radius 3 is 2.53 bits per heavy atom. The molecule has 1 aliphatic rings. The van der Waals surface area contributed by atoms with Gasteiger partial charge in [0.2, 0.25) is 11.0 Å². The van der Waals surface area contributed by atoms with Crippen molar-refractivity contribution in [1.29, 1.82) is 0 Å². The fraction of sp³-hybridized carbons (Fsp3) is 0.318. The summed E-state index contributed by atoms with van der Waals surface area (Å²) < 4.78 is 5.75. The lowest BCUT2D eigenvalue weighted by Gasteiger charge is -2.36. The highest BCUT2D eigenvalue weighted by molar-refractivity contribution is 7.18. The molecule has 2 aromatic carbocycles. The van der Waals surface area contributed by atoms with E-state index in [9.17, 15) is 4.79 Å². The molecule has 1 aliphatic heterocycles. The average molecular weight is 424 g/mol. The van der Waals surface area contributed by atoms with Crippen molar-refractivity contribution in [1.82, 2.24) is 15.1 Å². The lowest BCUT2D eigenvalue weighted by atomic mass is 10.2. The largest absolute Gasteiger partial charge is 0.492 e. The smallest absolute Gasteiger partial charge is 0.240 e. The topological polar surface area (TPSA) is 70.6 Å². The zero-order chi connectivity index (χ0) is 20.8. The summed E-state index contributed by atoms with van der Waals surface area (Å²) in [5, 5.41) is 12.5. The second-order valence-corrected chi connectivity index (χ2v) is 7.97. The first-order valence-electron chi connectivity index (χ1n) is 10.1. The van der Waals surface area contributed by atoms with E-state index in [4.69, 9.17) is 4.74 Å². The third-order valence-corrected chi connectivity index (χ3v) is 5.83. The van der Waals surface area contributed by atoms with Gasteiger partial charge < -0.3 is 9.64 Å².